The van der Waals surface area contributed by atoms with Gasteiger partial charge in [-0.25, -0.2) is 9.37 Å². The van der Waals surface area contributed by atoms with Gasteiger partial charge in [-0.1, -0.05) is 24.8 Å². The van der Waals surface area contributed by atoms with Gasteiger partial charge in [0.25, 0.3) is 0 Å². The van der Waals surface area contributed by atoms with Gasteiger partial charge in [-0.15, -0.1) is 0 Å². The molecule has 1 amide bonds. The van der Waals surface area contributed by atoms with Gasteiger partial charge in [0.15, 0.2) is 0 Å². The van der Waals surface area contributed by atoms with Gasteiger partial charge in [-0.2, -0.15) is 4.98 Å². The monoisotopic (exact) mass is 438 g/mol. The predicted molar refractivity (Wildman–Crippen MR) is 125 cm³/mol. The van der Waals surface area contributed by atoms with Gasteiger partial charge in [-0.3, -0.25) is 9.69 Å². The Hall–Kier alpha value is -3.18. The minimum Gasteiger partial charge on any atom is -0.369 e. The zero-order valence-corrected chi connectivity index (χ0v) is 18.7. The maximum Gasteiger partial charge on any atom is 0.237 e. The first kappa shape index (κ1) is 23.5. The summed E-state index contributed by atoms with van der Waals surface area (Å²) >= 11 is 0. The number of amides is 1. The van der Waals surface area contributed by atoms with E-state index in [1.807, 2.05) is 7.05 Å². The molecule has 0 saturated carbocycles. The highest BCUT2D eigenvalue weighted by Crippen LogP contribution is 2.18. The fourth-order valence-electron chi connectivity index (χ4n) is 3.51. The molecule has 1 fully saturated rings. The number of likely N-dealkylation sites (N-methyl/N-ethyl adjacent to an activating group) is 1. The number of hydrogen-bond donors (Lipinski definition) is 3. The van der Waals surface area contributed by atoms with Crippen LogP contribution in [0.5, 0.6) is 0 Å². The predicted octanol–water partition coefficient (Wildman–Crippen LogP) is 3.52. The number of carbonyl (C=O) groups excluding carboxylic acids is 1. The number of nitrogens with one attached hydrogen (secondary N) is 3. The van der Waals surface area contributed by atoms with Gasteiger partial charge in [0, 0.05) is 25.2 Å². The number of likely N-dealkylation sites (tertiary alicyclic amines) is 1. The van der Waals surface area contributed by atoms with Gasteiger partial charge in [0.2, 0.25) is 11.9 Å². The van der Waals surface area contributed by atoms with Crippen molar-refractivity contribution in [2.75, 3.05) is 37.3 Å². The highest BCUT2D eigenvalue weighted by atomic mass is 19.1. The van der Waals surface area contributed by atoms with E-state index >= 15 is 0 Å². The van der Waals surface area contributed by atoms with Crippen molar-refractivity contribution in [3.63, 3.8) is 0 Å². The number of hydrogen-bond acceptors (Lipinski definition) is 6. The lowest BCUT2D eigenvalue weighted by atomic mass is 10.2. The fourth-order valence-corrected chi connectivity index (χ4v) is 3.51. The third-order valence-corrected chi connectivity index (χ3v) is 5.24. The summed E-state index contributed by atoms with van der Waals surface area (Å²) in [5.74, 6) is 7.07. The summed E-state index contributed by atoms with van der Waals surface area (Å²) in [6.07, 6.45) is 6.06. The second-order valence-corrected chi connectivity index (χ2v) is 7.85. The summed E-state index contributed by atoms with van der Waals surface area (Å²) in [7, 11) is 1.99. The van der Waals surface area contributed by atoms with E-state index in [4.69, 9.17) is 0 Å². The van der Waals surface area contributed by atoms with E-state index in [0.717, 1.165) is 38.8 Å². The van der Waals surface area contributed by atoms with Crippen molar-refractivity contribution in [1.82, 2.24) is 20.2 Å². The number of halogens is 1. The standard InChI is InChI=1S/C24H31FN6O/c1-3-13-26-22-18(17-28-24(30-22)29-20-11-7-10-19(25)16-20)9-5-4-6-14-27-23(32)21-12-8-15-31(21)2/h7,10-11,16-17,21H,3-4,6,8,12-15H2,1-2H3,(H,27,32)(H2,26,28,29,30)/t21-/m1/s1. The molecule has 1 aromatic heterocycles. The van der Waals surface area contributed by atoms with E-state index in [1.54, 1.807) is 18.3 Å². The highest BCUT2D eigenvalue weighted by Gasteiger charge is 2.27. The molecule has 0 unspecified atom stereocenters. The lowest BCUT2D eigenvalue weighted by Crippen LogP contribution is -2.41. The molecule has 1 aliphatic rings. The molecule has 7 nitrogen and oxygen atoms in total. The molecule has 2 aromatic rings. The number of rotatable bonds is 9. The van der Waals surface area contributed by atoms with Gasteiger partial charge in [-0.05, 0) is 57.5 Å². The topological polar surface area (TPSA) is 82.2 Å². The van der Waals surface area contributed by atoms with Gasteiger partial charge in [0.05, 0.1) is 17.8 Å². The molecule has 0 aliphatic carbocycles. The average Bonchev–Trinajstić information content (AvgIpc) is 3.21. The maximum atomic E-state index is 13.4. The van der Waals surface area contributed by atoms with Gasteiger partial charge in [0.1, 0.15) is 11.6 Å². The van der Waals surface area contributed by atoms with Crippen LogP contribution in [-0.4, -0.2) is 53.5 Å². The van der Waals surface area contributed by atoms with Crippen LogP contribution in [-0.2, 0) is 4.79 Å². The third kappa shape index (κ3) is 6.92. The van der Waals surface area contributed by atoms with Crippen molar-refractivity contribution in [2.24, 2.45) is 0 Å². The molecule has 170 valence electrons. The van der Waals surface area contributed by atoms with Crippen molar-refractivity contribution in [3.8, 4) is 11.8 Å². The Balaban J connectivity index is 1.54. The molecule has 1 aliphatic heterocycles. The normalized spacial score (nSPS) is 15.7. The Morgan fingerprint density at radius 2 is 2.22 bits per heavy atom. The quantitative estimate of drug-likeness (QED) is 0.411. The molecule has 1 saturated heterocycles. The van der Waals surface area contributed by atoms with Crippen LogP contribution >= 0.6 is 0 Å². The summed E-state index contributed by atoms with van der Waals surface area (Å²) in [6, 6.07) is 6.16. The Labute approximate surface area is 189 Å². The van der Waals surface area contributed by atoms with E-state index in [0.29, 0.717) is 36.0 Å². The molecule has 3 rings (SSSR count). The molecular weight excluding hydrogens is 407 g/mol. The highest BCUT2D eigenvalue weighted by molar-refractivity contribution is 5.81. The van der Waals surface area contributed by atoms with Crippen molar-refractivity contribution in [1.29, 1.82) is 0 Å². The first-order valence-corrected chi connectivity index (χ1v) is 11.2. The molecule has 32 heavy (non-hydrogen) atoms. The minimum atomic E-state index is -0.326. The summed E-state index contributed by atoms with van der Waals surface area (Å²) in [6.45, 7) is 4.43. The lowest BCUT2D eigenvalue weighted by Gasteiger charge is -2.18. The first-order valence-electron chi connectivity index (χ1n) is 11.2. The molecular formula is C24H31FN6O. The number of aromatic nitrogens is 2. The molecule has 0 bridgehead atoms. The molecule has 1 atom stereocenters. The minimum absolute atomic E-state index is 0.00457. The summed E-state index contributed by atoms with van der Waals surface area (Å²) in [5.41, 5.74) is 1.29. The van der Waals surface area contributed by atoms with Crippen molar-refractivity contribution in [3.05, 3.63) is 41.8 Å². The van der Waals surface area contributed by atoms with Crippen LogP contribution in [0.25, 0.3) is 0 Å². The smallest absolute Gasteiger partial charge is 0.237 e. The zero-order valence-electron chi connectivity index (χ0n) is 18.7. The van der Waals surface area contributed by atoms with Crippen molar-refractivity contribution < 1.29 is 9.18 Å². The summed E-state index contributed by atoms with van der Waals surface area (Å²) in [4.78, 5) is 23.1. The zero-order chi connectivity index (χ0) is 22.8. The molecule has 2 heterocycles. The van der Waals surface area contributed by atoms with E-state index in [-0.39, 0.29) is 17.8 Å². The summed E-state index contributed by atoms with van der Waals surface area (Å²) < 4.78 is 13.4. The van der Waals surface area contributed by atoms with Crippen LogP contribution in [0.3, 0.4) is 0 Å². The van der Waals surface area contributed by atoms with Crippen molar-refractivity contribution >= 4 is 23.4 Å². The van der Waals surface area contributed by atoms with Crippen LogP contribution in [0.2, 0.25) is 0 Å². The van der Waals surface area contributed by atoms with E-state index in [2.05, 4.69) is 49.6 Å². The number of carbonyl (C=O) groups is 1. The summed E-state index contributed by atoms with van der Waals surface area (Å²) in [5, 5.41) is 9.30. The van der Waals surface area contributed by atoms with Crippen LogP contribution in [0.15, 0.2) is 30.5 Å². The fraction of sp³-hybridized carbons (Fsp3) is 0.458. The maximum absolute atomic E-state index is 13.4. The lowest BCUT2D eigenvalue weighted by molar-refractivity contribution is -0.125. The second kappa shape index (κ2) is 12.0. The second-order valence-electron chi connectivity index (χ2n) is 7.85. The average molecular weight is 439 g/mol. The van der Waals surface area contributed by atoms with E-state index in [1.165, 1.54) is 12.1 Å². The Bertz CT molecular complexity index is 970. The SMILES string of the molecule is CCCNc1nc(Nc2cccc(F)c2)ncc1C#CCCCNC(=O)[C@H]1CCCN1C. The largest absolute Gasteiger partial charge is 0.369 e. The molecule has 8 heteroatoms. The number of anilines is 3. The van der Waals surface area contributed by atoms with E-state index in [9.17, 15) is 9.18 Å². The van der Waals surface area contributed by atoms with Crippen LogP contribution in [0.4, 0.5) is 21.8 Å². The van der Waals surface area contributed by atoms with E-state index < -0.39 is 0 Å². The number of benzene rings is 1. The number of unbranched alkanes of at least 4 members (excludes halogenated alkanes) is 1. The Morgan fingerprint density at radius 3 is 2.97 bits per heavy atom. The molecule has 1 aromatic carbocycles. The van der Waals surface area contributed by atoms with Gasteiger partial charge >= 0.3 is 0 Å². The van der Waals surface area contributed by atoms with Crippen LogP contribution < -0.4 is 16.0 Å². The van der Waals surface area contributed by atoms with Crippen LogP contribution in [0, 0.1) is 17.7 Å². The van der Waals surface area contributed by atoms with Crippen LogP contribution in [0.1, 0.15) is 44.6 Å². The molecule has 0 radical (unpaired) electrons. The van der Waals surface area contributed by atoms with Gasteiger partial charge < -0.3 is 16.0 Å². The first-order chi connectivity index (χ1) is 15.6. The van der Waals surface area contributed by atoms with Crippen molar-refractivity contribution in [2.45, 2.75) is 45.1 Å². The Morgan fingerprint density at radius 1 is 1.34 bits per heavy atom. The Kier molecular flexibility index (Phi) is 8.81. The number of nitrogens with zero attached hydrogens (tertiary/aromatic N) is 3. The molecule has 3 N–H and O–H groups in total. The molecule has 0 spiro atoms. The third-order valence-electron chi connectivity index (χ3n) is 5.24.